The van der Waals surface area contributed by atoms with Crippen LogP contribution < -0.4 is 0 Å². The van der Waals surface area contributed by atoms with Gasteiger partial charge in [0, 0.05) is 39.1 Å². The van der Waals surface area contributed by atoms with Gasteiger partial charge < -0.3 is 23.1 Å². The molecule has 4 nitrogen and oxygen atoms in total. The van der Waals surface area contributed by atoms with Crippen LogP contribution in [0.2, 0.25) is 0 Å². The van der Waals surface area contributed by atoms with E-state index in [9.17, 15) is 9.59 Å². The third-order valence-electron chi connectivity index (χ3n) is 0.802. The van der Waals surface area contributed by atoms with Gasteiger partial charge in [0.05, 0.1) is 0 Å². The van der Waals surface area contributed by atoms with Crippen molar-refractivity contribution in [1.82, 2.24) is 0 Å². The summed E-state index contributed by atoms with van der Waals surface area (Å²) in [6, 6.07) is -0.778. The van der Waals surface area contributed by atoms with Crippen LogP contribution in [-0.2, 0) is 42.3 Å². The number of carboxylic acids is 1. The Morgan fingerprint density at radius 3 is 2.36 bits per heavy atom. The Bertz CT molecular complexity index is 118. The number of carbonyl (C=O) groups excluding carboxylic acids is 1. The van der Waals surface area contributed by atoms with Crippen molar-refractivity contribution >= 4 is 12.3 Å². The molecule has 0 aliphatic rings. The third-order valence-corrected chi connectivity index (χ3v) is 0.802. The van der Waals surface area contributed by atoms with E-state index >= 15 is 0 Å². The molecule has 0 fully saturated rings. The molecule has 0 bridgehead atoms. The summed E-state index contributed by atoms with van der Waals surface area (Å²) in [6.07, 6.45) is 0.311. The summed E-state index contributed by atoms with van der Waals surface area (Å²) in [7, 11) is 0. The minimum atomic E-state index is -1.03. The normalized spacial score (nSPS) is 10.3. The fourth-order valence-electron chi connectivity index (χ4n) is 0.410. The molecule has 0 spiro atoms. The van der Waals surface area contributed by atoms with E-state index < -0.39 is 12.0 Å². The van der Waals surface area contributed by atoms with Gasteiger partial charge in [-0.3, -0.25) is 4.79 Å². The standard InChI is InChI=1S/C5H8NO3.CH3.Y/c6-4(1-2-7)3-5(8)9;;/h2,4,6H,1,3H2,(H,8,9);1H3;/q2*-1;/t4-;;/m1../s1. The molecule has 1 atom stereocenters. The molecule has 2 N–H and O–H groups in total. The summed E-state index contributed by atoms with van der Waals surface area (Å²) in [6.45, 7) is 0. The average Bonchev–Trinajstić information content (AvgIpc) is 1.63. The first-order valence-corrected chi connectivity index (χ1v) is 2.53. The summed E-state index contributed by atoms with van der Waals surface area (Å²) in [5.41, 5.74) is 6.89. The predicted molar refractivity (Wildman–Crippen MR) is 37.5 cm³/mol. The van der Waals surface area contributed by atoms with Gasteiger partial charge in [-0.1, -0.05) is 0 Å². The van der Waals surface area contributed by atoms with E-state index in [0.717, 1.165) is 0 Å². The number of nitrogens with one attached hydrogen (secondary N) is 1. The van der Waals surface area contributed by atoms with Crippen LogP contribution in [0, 0.1) is 7.43 Å². The first kappa shape index (κ1) is 17.3. The monoisotopic (exact) mass is 234 g/mol. The number of carbonyl (C=O) groups is 2. The van der Waals surface area contributed by atoms with Crippen LogP contribution in [0.3, 0.4) is 0 Å². The maximum Gasteiger partial charge on any atom is 0.301 e. The smallest absolute Gasteiger partial charge is 0.301 e. The van der Waals surface area contributed by atoms with E-state index in [2.05, 4.69) is 0 Å². The van der Waals surface area contributed by atoms with E-state index in [1.165, 1.54) is 0 Å². The van der Waals surface area contributed by atoms with Crippen molar-refractivity contribution in [2.75, 3.05) is 0 Å². The second-order valence-corrected chi connectivity index (χ2v) is 1.70. The van der Waals surface area contributed by atoms with E-state index in [-0.39, 0.29) is 53.0 Å². The van der Waals surface area contributed by atoms with Crippen LogP contribution in [0.25, 0.3) is 5.73 Å². The summed E-state index contributed by atoms with van der Waals surface area (Å²) in [5.74, 6) is -1.03. The van der Waals surface area contributed by atoms with Crippen LogP contribution in [0.4, 0.5) is 0 Å². The summed E-state index contributed by atoms with van der Waals surface area (Å²) < 4.78 is 0. The van der Waals surface area contributed by atoms with Gasteiger partial charge in [0.25, 0.3) is 0 Å². The van der Waals surface area contributed by atoms with E-state index in [1.807, 2.05) is 0 Å². The van der Waals surface area contributed by atoms with Crippen molar-refractivity contribution in [2.45, 2.75) is 18.9 Å². The molecule has 0 aliphatic carbocycles. The van der Waals surface area contributed by atoms with Gasteiger partial charge in [-0.15, -0.1) is 6.04 Å². The minimum Gasteiger partial charge on any atom is -0.674 e. The molecule has 0 rings (SSSR count). The van der Waals surface area contributed by atoms with Gasteiger partial charge in [0.2, 0.25) is 0 Å². The van der Waals surface area contributed by atoms with Crippen molar-refractivity contribution < 1.29 is 47.4 Å². The molecule has 0 saturated carbocycles. The van der Waals surface area contributed by atoms with Crippen molar-refractivity contribution in [3.63, 3.8) is 0 Å². The molecule has 0 aromatic heterocycles. The van der Waals surface area contributed by atoms with Crippen molar-refractivity contribution in [2.24, 2.45) is 0 Å². The number of carboxylic acid groups (broad SMARTS) is 1. The molecule has 63 valence electrons. The van der Waals surface area contributed by atoms with Gasteiger partial charge >= 0.3 is 5.97 Å². The first-order chi connectivity index (χ1) is 4.16. The Morgan fingerprint density at radius 1 is 1.64 bits per heavy atom. The van der Waals surface area contributed by atoms with Gasteiger partial charge in [-0.05, 0) is 6.42 Å². The first-order valence-electron chi connectivity index (χ1n) is 2.53. The molecule has 11 heavy (non-hydrogen) atoms. The number of aliphatic carboxylic acids is 1. The zero-order valence-electron chi connectivity index (χ0n) is 6.41. The Kier molecular flexibility index (Phi) is 16.1. The van der Waals surface area contributed by atoms with Crippen molar-refractivity contribution in [1.29, 1.82) is 0 Å². The topological polar surface area (TPSA) is 78.2 Å². The maximum absolute atomic E-state index is 9.85. The fourth-order valence-corrected chi connectivity index (χ4v) is 0.410. The zero-order chi connectivity index (χ0) is 7.28. The van der Waals surface area contributed by atoms with E-state index in [0.29, 0.717) is 6.29 Å². The van der Waals surface area contributed by atoms with Crippen molar-refractivity contribution in [3.05, 3.63) is 13.2 Å². The second-order valence-electron chi connectivity index (χ2n) is 1.70. The third kappa shape index (κ3) is 13.2. The Labute approximate surface area is 91.4 Å². The Balaban J connectivity index is -0.000000320. The molecule has 0 unspecified atom stereocenters. The minimum absolute atomic E-state index is 0. The maximum atomic E-state index is 9.85. The molecule has 0 heterocycles. The van der Waals surface area contributed by atoms with Crippen LogP contribution in [0.15, 0.2) is 0 Å². The molecule has 1 radical (unpaired) electrons. The van der Waals surface area contributed by atoms with Crippen LogP contribution >= 0.6 is 0 Å². The summed E-state index contributed by atoms with van der Waals surface area (Å²) >= 11 is 0. The quantitative estimate of drug-likeness (QED) is 0.580. The fraction of sp³-hybridized carbons (Fsp3) is 0.500. The molecular weight excluding hydrogens is 223 g/mol. The number of hydrogen-bond donors (Lipinski definition) is 1. The SMILES string of the molecule is [CH3-].[NH-][C@H](CC=O)CC(=O)O.[Y]. The Hall–Kier alpha value is 0.204. The summed E-state index contributed by atoms with van der Waals surface area (Å²) in [5, 5.41) is 8.07. The number of hydrogen-bond acceptors (Lipinski definition) is 2. The molecule has 0 amide bonds. The zero-order valence-corrected chi connectivity index (χ0v) is 9.25. The van der Waals surface area contributed by atoms with Crippen LogP contribution in [-0.4, -0.2) is 23.4 Å². The summed E-state index contributed by atoms with van der Waals surface area (Å²) in [4.78, 5) is 19.5. The largest absolute Gasteiger partial charge is 0.674 e. The Morgan fingerprint density at radius 2 is 2.09 bits per heavy atom. The molecule has 0 aromatic rings. The van der Waals surface area contributed by atoms with E-state index in [4.69, 9.17) is 10.8 Å². The second kappa shape index (κ2) is 10.2. The molecule has 0 aromatic carbocycles. The number of aldehydes is 1. The van der Waals surface area contributed by atoms with Crippen LogP contribution in [0.1, 0.15) is 12.8 Å². The van der Waals surface area contributed by atoms with E-state index in [1.54, 1.807) is 0 Å². The molecular formula is C6H11NO3Y-2. The molecule has 0 saturated heterocycles. The van der Waals surface area contributed by atoms with Crippen LogP contribution in [0.5, 0.6) is 0 Å². The average molecular weight is 234 g/mol. The molecule has 0 aliphatic heterocycles. The van der Waals surface area contributed by atoms with Gasteiger partial charge in [-0.2, -0.15) is 0 Å². The predicted octanol–water partition coefficient (Wildman–Crippen LogP) is 0.919. The van der Waals surface area contributed by atoms with Gasteiger partial charge in [-0.25, -0.2) is 0 Å². The van der Waals surface area contributed by atoms with Crippen molar-refractivity contribution in [3.8, 4) is 0 Å². The molecule has 5 heteroatoms. The number of rotatable bonds is 4. The van der Waals surface area contributed by atoms with Gasteiger partial charge in [0.1, 0.15) is 6.29 Å². The van der Waals surface area contributed by atoms with Gasteiger partial charge in [0.15, 0.2) is 0 Å².